The van der Waals surface area contributed by atoms with Gasteiger partial charge in [-0.3, -0.25) is 0 Å². The molecule has 20 heavy (non-hydrogen) atoms. The van der Waals surface area contributed by atoms with Gasteiger partial charge in [0.25, 0.3) is 0 Å². The minimum atomic E-state index is -4.43. The molecule has 0 radical (unpaired) electrons. The average Bonchev–Trinajstić information content (AvgIpc) is 2.33. The summed E-state index contributed by atoms with van der Waals surface area (Å²) in [6.07, 6.45) is -4.05. The first-order chi connectivity index (χ1) is 9.11. The van der Waals surface area contributed by atoms with Gasteiger partial charge in [-0.25, -0.2) is 0 Å². The second-order valence-electron chi connectivity index (χ2n) is 5.34. The fourth-order valence-corrected chi connectivity index (χ4v) is 2.39. The van der Waals surface area contributed by atoms with E-state index in [9.17, 15) is 18.3 Å². The van der Waals surface area contributed by atoms with Crippen LogP contribution in [0.4, 0.5) is 13.2 Å². The summed E-state index contributed by atoms with van der Waals surface area (Å²) in [5.41, 5.74) is 5.38. The van der Waals surface area contributed by atoms with E-state index in [-0.39, 0.29) is 5.56 Å². The number of rotatable bonds is 5. The molecule has 114 valence electrons. The van der Waals surface area contributed by atoms with Gasteiger partial charge in [-0.15, -0.1) is 0 Å². The second-order valence-corrected chi connectivity index (χ2v) is 6.25. The normalized spacial score (nSPS) is 15.4. The van der Waals surface area contributed by atoms with Crippen LogP contribution in [-0.2, 0) is 6.18 Å². The molecule has 2 nitrogen and oxygen atoms in total. The lowest BCUT2D eigenvalue weighted by atomic mass is 9.95. The highest BCUT2D eigenvalue weighted by Gasteiger charge is 2.32. The van der Waals surface area contributed by atoms with E-state index in [2.05, 4.69) is 15.9 Å². The van der Waals surface area contributed by atoms with Gasteiger partial charge < -0.3 is 10.8 Å². The van der Waals surface area contributed by atoms with Crippen molar-refractivity contribution in [2.24, 2.45) is 11.7 Å². The Morgan fingerprint density at radius 1 is 1.20 bits per heavy atom. The maximum atomic E-state index is 12.7. The summed E-state index contributed by atoms with van der Waals surface area (Å²) in [7, 11) is 0. The lowest BCUT2D eigenvalue weighted by Gasteiger charge is -2.21. The lowest BCUT2D eigenvalue weighted by molar-refractivity contribution is -0.137. The number of hydrogen-bond acceptors (Lipinski definition) is 2. The smallest absolute Gasteiger partial charge is 0.391 e. The summed E-state index contributed by atoms with van der Waals surface area (Å²) in [6.45, 7) is 4.03. The summed E-state index contributed by atoms with van der Waals surface area (Å²) in [5, 5.41) is 9.98. The largest absolute Gasteiger partial charge is 0.416 e. The molecular weight excluding hydrogens is 335 g/mol. The molecule has 0 saturated heterocycles. The minimum Gasteiger partial charge on any atom is -0.391 e. The number of benzene rings is 1. The van der Waals surface area contributed by atoms with Crippen LogP contribution >= 0.6 is 15.9 Å². The third-order valence-electron chi connectivity index (χ3n) is 3.09. The molecule has 1 aromatic carbocycles. The Labute approximate surface area is 125 Å². The van der Waals surface area contributed by atoms with E-state index < -0.39 is 23.9 Å². The van der Waals surface area contributed by atoms with Gasteiger partial charge in [0, 0.05) is 4.47 Å². The van der Waals surface area contributed by atoms with E-state index in [4.69, 9.17) is 5.73 Å². The molecule has 0 amide bonds. The molecule has 0 unspecified atom stereocenters. The van der Waals surface area contributed by atoms with Crippen molar-refractivity contribution in [2.45, 2.75) is 45.0 Å². The van der Waals surface area contributed by atoms with Crippen LogP contribution < -0.4 is 5.73 Å². The highest BCUT2D eigenvalue weighted by atomic mass is 79.9. The molecule has 1 rings (SSSR count). The van der Waals surface area contributed by atoms with E-state index in [0.29, 0.717) is 16.8 Å². The lowest BCUT2D eigenvalue weighted by Crippen LogP contribution is -2.27. The van der Waals surface area contributed by atoms with Crippen molar-refractivity contribution in [1.29, 1.82) is 0 Å². The number of nitrogens with two attached hydrogens (primary N) is 1. The highest BCUT2D eigenvalue weighted by molar-refractivity contribution is 9.10. The summed E-state index contributed by atoms with van der Waals surface area (Å²) in [5.74, 6) is 0.407. The van der Waals surface area contributed by atoms with E-state index in [1.54, 1.807) is 0 Å². The minimum absolute atomic E-state index is 0.281. The molecule has 0 fully saturated rings. The average molecular weight is 354 g/mol. The molecule has 3 N–H and O–H groups in total. The number of halogens is 4. The molecule has 0 aliphatic carbocycles. The molecule has 0 spiro atoms. The summed E-state index contributed by atoms with van der Waals surface area (Å²) in [6, 6.07) is 2.68. The van der Waals surface area contributed by atoms with E-state index in [0.717, 1.165) is 18.6 Å². The van der Waals surface area contributed by atoms with Gasteiger partial charge in [0.15, 0.2) is 0 Å². The predicted octanol–water partition coefficient (Wildman–Crippen LogP) is 4.26. The molecule has 0 aliphatic rings. The number of aliphatic hydroxyl groups is 1. The Bertz CT molecular complexity index is 449. The van der Waals surface area contributed by atoms with Gasteiger partial charge in [-0.1, -0.05) is 29.8 Å². The van der Waals surface area contributed by atoms with Gasteiger partial charge in [0.1, 0.15) is 0 Å². The summed E-state index contributed by atoms with van der Waals surface area (Å²) in [4.78, 5) is 0. The zero-order valence-electron chi connectivity index (χ0n) is 11.4. The van der Waals surface area contributed by atoms with Crippen LogP contribution in [-0.4, -0.2) is 11.2 Å². The standard InChI is InChI=1S/C14H19BrF3NO/c1-8(2)3-4-12(20)13(19)9-5-10(14(16,17)18)7-11(15)6-9/h5-8,12-13,20H,3-4,19H2,1-2H3/t12-,13+/m1/s1. The maximum absolute atomic E-state index is 12.7. The molecule has 6 heteroatoms. The Morgan fingerprint density at radius 2 is 1.80 bits per heavy atom. The zero-order chi connectivity index (χ0) is 15.5. The third kappa shape index (κ3) is 5.07. The van der Waals surface area contributed by atoms with Gasteiger partial charge in [0.2, 0.25) is 0 Å². The number of alkyl halides is 3. The monoisotopic (exact) mass is 353 g/mol. The number of aliphatic hydroxyl groups excluding tert-OH is 1. The molecule has 0 aliphatic heterocycles. The van der Waals surface area contributed by atoms with Crippen molar-refractivity contribution in [3.63, 3.8) is 0 Å². The van der Waals surface area contributed by atoms with Crippen LogP contribution in [0.3, 0.4) is 0 Å². The first kappa shape index (κ1) is 17.5. The molecule has 0 saturated carbocycles. The van der Waals surface area contributed by atoms with Crippen LogP contribution in [0.15, 0.2) is 22.7 Å². The predicted molar refractivity (Wildman–Crippen MR) is 76.2 cm³/mol. The molecule has 2 atom stereocenters. The van der Waals surface area contributed by atoms with E-state index in [1.165, 1.54) is 6.07 Å². The first-order valence-electron chi connectivity index (χ1n) is 6.42. The maximum Gasteiger partial charge on any atom is 0.416 e. The molecule has 0 aromatic heterocycles. The fraction of sp³-hybridized carbons (Fsp3) is 0.571. The Morgan fingerprint density at radius 3 is 2.30 bits per heavy atom. The summed E-state index contributed by atoms with van der Waals surface area (Å²) >= 11 is 3.05. The van der Waals surface area contributed by atoms with Crippen molar-refractivity contribution < 1.29 is 18.3 Å². The number of hydrogen-bond donors (Lipinski definition) is 2. The SMILES string of the molecule is CC(C)CC[C@@H](O)[C@@H](N)c1cc(Br)cc(C(F)(F)F)c1. The first-order valence-corrected chi connectivity index (χ1v) is 7.22. The molecular formula is C14H19BrF3NO. The van der Waals surface area contributed by atoms with Gasteiger partial charge in [-0.2, -0.15) is 13.2 Å². The molecule has 0 heterocycles. The Hall–Kier alpha value is -0.590. The van der Waals surface area contributed by atoms with Crippen molar-refractivity contribution in [1.82, 2.24) is 0 Å². The van der Waals surface area contributed by atoms with Crippen molar-refractivity contribution in [3.05, 3.63) is 33.8 Å². The van der Waals surface area contributed by atoms with E-state index >= 15 is 0 Å². The van der Waals surface area contributed by atoms with Crippen LogP contribution in [0.2, 0.25) is 0 Å². The topological polar surface area (TPSA) is 46.2 Å². The van der Waals surface area contributed by atoms with Gasteiger partial charge in [-0.05, 0) is 42.5 Å². The third-order valence-corrected chi connectivity index (χ3v) is 3.54. The summed E-state index contributed by atoms with van der Waals surface area (Å²) < 4.78 is 38.5. The van der Waals surface area contributed by atoms with Crippen molar-refractivity contribution in [2.75, 3.05) is 0 Å². The zero-order valence-corrected chi connectivity index (χ0v) is 13.0. The second kappa shape index (κ2) is 6.91. The van der Waals surface area contributed by atoms with Crippen molar-refractivity contribution >= 4 is 15.9 Å². The molecule has 1 aromatic rings. The highest BCUT2D eigenvalue weighted by Crippen LogP contribution is 2.33. The van der Waals surface area contributed by atoms with Crippen LogP contribution in [0.1, 0.15) is 43.9 Å². The Kier molecular flexibility index (Phi) is 6.04. The van der Waals surface area contributed by atoms with E-state index in [1.807, 2.05) is 13.8 Å². The van der Waals surface area contributed by atoms with Crippen LogP contribution in [0, 0.1) is 5.92 Å². The van der Waals surface area contributed by atoms with Crippen LogP contribution in [0.5, 0.6) is 0 Å². The van der Waals surface area contributed by atoms with Gasteiger partial charge >= 0.3 is 6.18 Å². The Balaban J connectivity index is 2.92. The van der Waals surface area contributed by atoms with Crippen LogP contribution in [0.25, 0.3) is 0 Å². The van der Waals surface area contributed by atoms with Crippen molar-refractivity contribution in [3.8, 4) is 0 Å². The fourth-order valence-electron chi connectivity index (χ4n) is 1.87. The quantitative estimate of drug-likeness (QED) is 0.830. The molecule has 0 bridgehead atoms. The van der Waals surface area contributed by atoms with Gasteiger partial charge in [0.05, 0.1) is 17.7 Å².